The van der Waals surface area contributed by atoms with Gasteiger partial charge in [-0.05, 0) is 28.7 Å². The molecular weight excluding hydrogens is 321 g/mol. The quantitative estimate of drug-likeness (QED) is 0.668. The lowest BCUT2D eigenvalue weighted by atomic mass is 10.1. The molecule has 4 nitrogen and oxygen atoms in total. The molecule has 1 heterocycles. The molecule has 0 fully saturated rings. The lowest BCUT2D eigenvalue weighted by Crippen LogP contribution is -2.07. The topological polar surface area (TPSA) is 74.0 Å². The van der Waals surface area contributed by atoms with Gasteiger partial charge in [-0.15, -0.1) is 0 Å². The first-order valence-corrected chi connectivity index (χ1v) is 4.67. The molecule has 0 aromatic carbocycles. The molecule has 0 bridgehead atoms. The van der Waals surface area contributed by atoms with Crippen LogP contribution < -0.4 is 0 Å². The van der Waals surface area contributed by atoms with Crippen molar-refractivity contribution >= 4 is 28.6 Å². The van der Waals surface area contributed by atoms with Gasteiger partial charge < -0.3 is 5.11 Å². The van der Waals surface area contributed by atoms with Gasteiger partial charge in [-0.25, -0.2) is 18.6 Å². The third kappa shape index (κ3) is 2.38. The molecule has 1 N–H and O–H groups in total. The first kappa shape index (κ1) is 11.8. The highest BCUT2D eigenvalue weighted by Gasteiger charge is 2.20. The summed E-state index contributed by atoms with van der Waals surface area (Å²) in [6.45, 7) is 0. The zero-order valence-corrected chi connectivity index (χ0v) is 9.20. The number of rotatable bonds is 2. The van der Waals surface area contributed by atoms with Crippen LogP contribution in [0.25, 0.3) is 0 Å². The molecule has 0 aliphatic heterocycles. The fraction of sp³-hybridized carbons (Fsp3) is 0.125. The predicted octanol–water partition coefficient (Wildman–Crippen LogP) is 2.19. The number of hydrogen-bond acceptors (Lipinski definition) is 3. The Balaban J connectivity index is 3.46. The van der Waals surface area contributed by atoms with Crippen molar-refractivity contribution in [2.75, 3.05) is 0 Å². The van der Waals surface area contributed by atoms with Crippen molar-refractivity contribution in [3.05, 3.63) is 26.6 Å². The maximum Gasteiger partial charge on any atom is 0.339 e. The van der Waals surface area contributed by atoms with E-state index in [0.29, 0.717) is 0 Å². The number of alkyl halides is 2. The highest BCUT2D eigenvalue weighted by atomic mass is 127. The summed E-state index contributed by atoms with van der Waals surface area (Å²) >= 11 is 1.51. The van der Waals surface area contributed by atoms with Crippen molar-refractivity contribution in [2.45, 2.75) is 6.43 Å². The number of carbonyl (C=O) groups is 1. The van der Waals surface area contributed by atoms with Crippen LogP contribution in [-0.4, -0.2) is 16.1 Å². The second kappa shape index (κ2) is 4.48. The van der Waals surface area contributed by atoms with Crippen molar-refractivity contribution in [1.29, 1.82) is 5.26 Å². The van der Waals surface area contributed by atoms with Crippen LogP contribution in [0.15, 0.2) is 6.07 Å². The Labute approximate surface area is 96.7 Å². The van der Waals surface area contributed by atoms with Gasteiger partial charge in [0.25, 0.3) is 6.43 Å². The van der Waals surface area contributed by atoms with E-state index >= 15 is 0 Å². The molecule has 0 atom stereocenters. The Hall–Kier alpha value is -1.30. The Morgan fingerprint density at radius 1 is 1.67 bits per heavy atom. The zero-order chi connectivity index (χ0) is 11.6. The summed E-state index contributed by atoms with van der Waals surface area (Å²) in [5.74, 6) is -1.36. The summed E-state index contributed by atoms with van der Waals surface area (Å²) in [6, 6.07) is 2.34. The summed E-state index contributed by atoms with van der Waals surface area (Å²) in [4.78, 5) is 14.1. The molecule has 0 radical (unpaired) electrons. The summed E-state index contributed by atoms with van der Waals surface area (Å²) in [5.41, 5.74) is -1.25. The number of aromatic nitrogens is 1. The number of nitriles is 1. The average molecular weight is 324 g/mol. The van der Waals surface area contributed by atoms with Crippen LogP contribution in [0.2, 0.25) is 0 Å². The molecule has 0 saturated carbocycles. The maximum atomic E-state index is 12.3. The Morgan fingerprint density at radius 2 is 2.27 bits per heavy atom. The standard InChI is InChI=1S/C8H3F2IN2O2/c9-6(10)4-1-3(2-12)5(8(14)15)7(11)13-4/h1,6H,(H,14,15). The van der Waals surface area contributed by atoms with Gasteiger partial charge in [0.15, 0.2) is 0 Å². The van der Waals surface area contributed by atoms with E-state index in [0.717, 1.165) is 6.07 Å². The SMILES string of the molecule is N#Cc1cc(C(F)F)nc(I)c1C(=O)O. The fourth-order valence-electron chi connectivity index (χ4n) is 0.936. The van der Waals surface area contributed by atoms with E-state index < -0.39 is 18.1 Å². The monoisotopic (exact) mass is 324 g/mol. The predicted molar refractivity (Wildman–Crippen MR) is 53.6 cm³/mol. The lowest BCUT2D eigenvalue weighted by molar-refractivity contribution is 0.0694. The van der Waals surface area contributed by atoms with Gasteiger partial charge in [0, 0.05) is 0 Å². The first-order chi connectivity index (χ1) is 6.97. The molecule has 0 amide bonds. The summed E-state index contributed by atoms with van der Waals surface area (Å²) < 4.78 is 24.4. The van der Waals surface area contributed by atoms with Crippen molar-refractivity contribution in [2.24, 2.45) is 0 Å². The van der Waals surface area contributed by atoms with E-state index in [9.17, 15) is 13.6 Å². The number of carboxylic acid groups (broad SMARTS) is 1. The van der Waals surface area contributed by atoms with Gasteiger partial charge >= 0.3 is 5.97 Å². The maximum absolute atomic E-state index is 12.3. The number of nitrogens with zero attached hydrogens (tertiary/aromatic N) is 2. The molecule has 7 heteroatoms. The molecule has 0 aliphatic carbocycles. The molecule has 0 aliphatic rings. The third-order valence-corrected chi connectivity index (χ3v) is 2.33. The van der Waals surface area contributed by atoms with E-state index in [1.54, 1.807) is 6.07 Å². The van der Waals surface area contributed by atoms with Crippen molar-refractivity contribution in [1.82, 2.24) is 4.98 Å². The van der Waals surface area contributed by atoms with E-state index in [2.05, 4.69) is 4.98 Å². The van der Waals surface area contributed by atoms with Crippen LogP contribution in [0, 0.1) is 15.0 Å². The number of hydrogen-bond donors (Lipinski definition) is 1. The van der Waals surface area contributed by atoms with Gasteiger partial charge in [0.05, 0.1) is 5.56 Å². The summed E-state index contributed by atoms with van der Waals surface area (Å²) in [7, 11) is 0. The Kier molecular flexibility index (Phi) is 3.52. The number of carboxylic acids is 1. The van der Waals surface area contributed by atoms with Crippen molar-refractivity contribution in [3.63, 3.8) is 0 Å². The number of pyridine rings is 1. The first-order valence-electron chi connectivity index (χ1n) is 3.59. The zero-order valence-electron chi connectivity index (χ0n) is 7.04. The molecular formula is C8H3F2IN2O2. The van der Waals surface area contributed by atoms with Crippen LogP contribution in [0.3, 0.4) is 0 Å². The number of halogens is 3. The van der Waals surface area contributed by atoms with Gasteiger partial charge in [0.1, 0.15) is 21.0 Å². The normalized spacial score (nSPS) is 10.1. The highest BCUT2D eigenvalue weighted by Crippen LogP contribution is 2.22. The fourth-order valence-corrected chi connectivity index (χ4v) is 1.74. The van der Waals surface area contributed by atoms with Crippen LogP contribution in [0.1, 0.15) is 28.0 Å². The van der Waals surface area contributed by atoms with Crippen LogP contribution in [-0.2, 0) is 0 Å². The highest BCUT2D eigenvalue weighted by molar-refractivity contribution is 14.1. The van der Waals surface area contributed by atoms with E-state index in [1.165, 1.54) is 22.6 Å². The minimum absolute atomic E-state index is 0.116. The van der Waals surface area contributed by atoms with E-state index in [-0.39, 0.29) is 14.8 Å². The van der Waals surface area contributed by atoms with Crippen molar-refractivity contribution < 1.29 is 18.7 Å². The van der Waals surface area contributed by atoms with Crippen LogP contribution in [0.4, 0.5) is 8.78 Å². The van der Waals surface area contributed by atoms with Gasteiger partial charge in [-0.3, -0.25) is 0 Å². The van der Waals surface area contributed by atoms with Gasteiger partial charge in [-0.1, -0.05) is 0 Å². The lowest BCUT2D eigenvalue weighted by Gasteiger charge is -2.04. The van der Waals surface area contributed by atoms with E-state index in [1.807, 2.05) is 0 Å². The minimum atomic E-state index is -2.83. The Morgan fingerprint density at radius 3 is 2.67 bits per heavy atom. The Bertz CT molecular complexity index is 457. The largest absolute Gasteiger partial charge is 0.478 e. The molecule has 1 aromatic heterocycles. The van der Waals surface area contributed by atoms with Gasteiger partial charge in [-0.2, -0.15) is 5.26 Å². The minimum Gasteiger partial charge on any atom is -0.478 e. The van der Waals surface area contributed by atoms with E-state index in [4.69, 9.17) is 10.4 Å². The molecule has 15 heavy (non-hydrogen) atoms. The molecule has 0 saturated heterocycles. The molecule has 1 aromatic rings. The third-order valence-electron chi connectivity index (χ3n) is 1.55. The second-order valence-electron chi connectivity index (χ2n) is 2.48. The van der Waals surface area contributed by atoms with Crippen LogP contribution >= 0.6 is 22.6 Å². The molecule has 1 rings (SSSR count). The molecule has 0 spiro atoms. The average Bonchev–Trinajstić information content (AvgIpc) is 2.15. The number of aromatic carboxylic acids is 1. The summed E-state index contributed by atoms with van der Waals surface area (Å²) in [6.07, 6.45) is -2.83. The van der Waals surface area contributed by atoms with Gasteiger partial charge in [0.2, 0.25) is 0 Å². The molecule has 78 valence electrons. The molecule has 0 unspecified atom stereocenters. The van der Waals surface area contributed by atoms with Crippen molar-refractivity contribution in [3.8, 4) is 6.07 Å². The summed E-state index contributed by atoms with van der Waals surface area (Å²) in [5, 5.41) is 17.3. The second-order valence-corrected chi connectivity index (χ2v) is 3.50. The van der Waals surface area contributed by atoms with Crippen LogP contribution in [0.5, 0.6) is 0 Å². The smallest absolute Gasteiger partial charge is 0.339 e.